The zero-order chi connectivity index (χ0) is 15.4. The smallest absolute Gasteiger partial charge is 0.303 e. The molecule has 0 radical (unpaired) electrons. The Hall–Kier alpha value is -1.36. The van der Waals surface area contributed by atoms with Gasteiger partial charge in [0, 0.05) is 29.0 Å². The van der Waals surface area contributed by atoms with Gasteiger partial charge in [0.1, 0.15) is 0 Å². The zero-order valence-corrected chi connectivity index (χ0v) is 13.7. The van der Waals surface area contributed by atoms with Crippen LogP contribution >= 0.6 is 15.9 Å². The van der Waals surface area contributed by atoms with Crippen molar-refractivity contribution < 1.29 is 14.7 Å². The Morgan fingerprint density at radius 2 is 2.14 bits per heavy atom. The SMILES string of the molecule is Cc1ccc(Br)cc1C(=O)N1CCCCC1CCC(=O)O. The summed E-state index contributed by atoms with van der Waals surface area (Å²) in [4.78, 5) is 25.4. The van der Waals surface area contributed by atoms with Gasteiger partial charge in [0.25, 0.3) is 5.91 Å². The van der Waals surface area contributed by atoms with Crippen molar-refractivity contribution >= 4 is 27.8 Å². The van der Waals surface area contributed by atoms with E-state index in [1.807, 2.05) is 30.0 Å². The molecule has 0 aliphatic carbocycles. The lowest BCUT2D eigenvalue weighted by Gasteiger charge is -2.36. The molecule has 0 aromatic heterocycles. The number of aliphatic carboxylic acids is 1. The number of carbonyl (C=O) groups excluding carboxylic acids is 1. The van der Waals surface area contributed by atoms with E-state index in [4.69, 9.17) is 5.11 Å². The quantitative estimate of drug-likeness (QED) is 0.899. The van der Waals surface area contributed by atoms with Crippen molar-refractivity contribution in [1.82, 2.24) is 4.90 Å². The summed E-state index contributed by atoms with van der Waals surface area (Å²) in [6, 6.07) is 5.74. The van der Waals surface area contributed by atoms with E-state index in [9.17, 15) is 9.59 Å². The molecule has 5 heteroatoms. The Morgan fingerprint density at radius 1 is 1.38 bits per heavy atom. The summed E-state index contributed by atoms with van der Waals surface area (Å²) >= 11 is 3.41. The van der Waals surface area contributed by atoms with Crippen molar-refractivity contribution in [1.29, 1.82) is 0 Å². The lowest BCUT2D eigenvalue weighted by Crippen LogP contribution is -2.44. The number of likely N-dealkylation sites (tertiary alicyclic amines) is 1. The molecule has 1 aliphatic heterocycles. The molecule has 1 N–H and O–H groups in total. The summed E-state index contributed by atoms with van der Waals surface area (Å²) in [7, 11) is 0. The molecule has 1 heterocycles. The Morgan fingerprint density at radius 3 is 2.86 bits per heavy atom. The number of carboxylic acids is 1. The minimum Gasteiger partial charge on any atom is -0.481 e. The number of benzene rings is 1. The van der Waals surface area contributed by atoms with E-state index in [2.05, 4.69) is 15.9 Å². The standard InChI is InChI=1S/C16H20BrNO3/c1-11-5-6-12(17)10-14(11)16(21)18-9-3-2-4-13(18)7-8-15(19)20/h5-6,10,13H,2-4,7-9H2,1H3,(H,19,20). The van der Waals surface area contributed by atoms with Crippen molar-refractivity contribution in [2.75, 3.05) is 6.54 Å². The maximum atomic E-state index is 12.8. The third-order valence-electron chi connectivity index (χ3n) is 4.01. The molecule has 0 spiro atoms. The number of amides is 1. The Bertz CT molecular complexity index is 544. The molecular weight excluding hydrogens is 334 g/mol. The lowest BCUT2D eigenvalue weighted by atomic mass is 9.96. The summed E-state index contributed by atoms with van der Waals surface area (Å²) in [6.07, 6.45) is 3.60. The number of carbonyl (C=O) groups is 2. The van der Waals surface area contributed by atoms with Crippen molar-refractivity contribution in [2.24, 2.45) is 0 Å². The predicted octanol–water partition coefficient (Wildman–Crippen LogP) is 3.62. The van der Waals surface area contributed by atoms with E-state index in [-0.39, 0.29) is 18.4 Å². The van der Waals surface area contributed by atoms with E-state index in [0.29, 0.717) is 12.0 Å². The predicted molar refractivity (Wildman–Crippen MR) is 84.4 cm³/mol. The van der Waals surface area contributed by atoms with Crippen molar-refractivity contribution in [3.63, 3.8) is 0 Å². The average molecular weight is 354 g/mol. The highest BCUT2D eigenvalue weighted by Gasteiger charge is 2.28. The lowest BCUT2D eigenvalue weighted by molar-refractivity contribution is -0.137. The number of piperidine rings is 1. The fourth-order valence-electron chi connectivity index (χ4n) is 2.84. The molecule has 0 saturated carbocycles. The largest absolute Gasteiger partial charge is 0.481 e. The van der Waals surface area contributed by atoms with Crippen LogP contribution in [0.1, 0.15) is 48.0 Å². The van der Waals surface area contributed by atoms with Gasteiger partial charge in [0.15, 0.2) is 0 Å². The van der Waals surface area contributed by atoms with E-state index in [1.165, 1.54) is 0 Å². The van der Waals surface area contributed by atoms with Crippen molar-refractivity contribution in [3.8, 4) is 0 Å². The van der Waals surface area contributed by atoms with Gasteiger partial charge in [-0.1, -0.05) is 22.0 Å². The normalized spacial score (nSPS) is 18.6. The molecule has 1 aromatic carbocycles. The molecule has 21 heavy (non-hydrogen) atoms. The van der Waals surface area contributed by atoms with E-state index >= 15 is 0 Å². The Kier molecular flexibility index (Phi) is 5.39. The fraction of sp³-hybridized carbons (Fsp3) is 0.500. The van der Waals surface area contributed by atoms with Gasteiger partial charge in [0.05, 0.1) is 0 Å². The van der Waals surface area contributed by atoms with Gasteiger partial charge in [-0.15, -0.1) is 0 Å². The fourth-order valence-corrected chi connectivity index (χ4v) is 3.20. The number of rotatable bonds is 4. The van der Waals surface area contributed by atoms with Crippen LogP contribution in [-0.2, 0) is 4.79 Å². The molecule has 2 rings (SSSR count). The monoisotopic (exact) mass is 353 g/mol. The van der Waals surface area contributed by atoms with Gasteiger partial charge >= 0.3 is 5.97 Å². The summed E-state index contributed by atoms with van der Waals surface area (Å²) in [6.45, 7) is 2.64. The number of hydrogen-bond acceptors (Lipinski definition) is 2. The first-order valence-electron chi connectivity index (χ1n) is 7.28. The molecule has 1 unspecified atom stereocenters. The van der Waals surface area contributed by atoms with E-state index in [0.717, 1.165) is 35.8 Å². The van der Waals surface area contributed by atoms with Crippen LogP contribution in [0, 0.1) is 6.92 Å². The van der Waals surface area contributed by atoms with Crippen LogP contribution < -0.4 is 0 Å². The number of aryl methyl sites for hydroxylation is 1. The summed E-state index contributed by atoms with van der Waals surface area (Å²) in [5.74, 6) is -0.782. The highest BCUT2D eigenvalue weighted by molar-refractivity contribution is 9.10. The van der Waals surface area contributed by atoms with E-state index in [1.54, 1.807) is 0 Å². The zero-order valence-electron chi connectivity index (χ0n) is 12.1. The molecule has 1 fully saturated rings. The van der Waals surface area contributed by atoms with Crippen LogP contribution in [0.2, 0.25) is 0 Å². The summed E-state index contributed by atoms with van der Waals surface area (Å²) < 4.78 is 0.885. The first-order valence-corrected chi connectivity index (χ1v) is 8.07. The van der Waals surface area contributed by atoms with Gasteiger partial charge in [-0.3, -0.25) is 9.59 Å². The van der Waals surface area contributed by atoms with Gasteiger partial charge < -0.3 is 10.0 Å². The highest BCUT2D eigenvalue weighted by Crippen LogP contribution is 2.25. The van der Waals surface area contributed by atoms with Gasteiger partial charge in [0.2, 0.25) is 0 Å². The molecule has 1 amide bonds. The first-order chi connectivity index (χ1) is 9.99. The first kappa shape index (κ1) is 16.0. The van der Waals surface area contributed by atoms with Crippen LogP contribution in [0.5, 0.6) is 0 Å². The van der Waals surface area contributed by atoms with Crippen molar-refractivity contribution in [3.05, 3.63) is 33.8 Å². The van der Waals surface area contributed by atoms with Crippen LogP contribution in [-0.4, -0.2) is 34.5 Å². The van der Waals surface area contributed by atoms with Crippen LogP contribution in [0.15, 0.2) is 22.7 Å². The molecule has 1 aliphatic rings. The molecule has 1 aromatic rings. The molecular formula is C16H20BrNO3. The number of hydrogen-bond donors (Lipinski definition) is 1. The molecule has 1 saturated heterocycles. The number of carboxylic acid groups (broad SMARTS) is 1. The van der Waals surface area contributed by atoms with Crippen LogP contribution in [0.4, 0.5) is 0 Å². The third kappa shape index (κ3) is 4.06. The molecule has 0 bridgehead atoms. The second-order valence-corrected chi connectivity index (χ2v) is 6.46. The van der Waals surface area contributed by atoms with Gasteiger partial charge in [-0.2, -0.15) is 0 Å². The Labute approximate surface area is 133 Å². The minimum atomic E-state index is -0.799. The van der Waals surface area contributed by atoms with Crippen LogP contribution in [0.3, 0.4) is 0 Å². The van der Waals surface area contributed by atoms with Gasteiger partial charge in [-0.05, 0) is 50.3 Å². The summed E-state index contributed by atoms with van der Waals surface area (Å²) in [5, 5.41) is 8.86. The number of halogens is 1. The maximum absolute atomic E-state index is 12.8. The van der Waals surface area contributed by atoms with E-state index < -0.39 is 5.97 Å². The maximum Gasteiger partial charge on any atom is 0.303 e. The van der Waals surface area contributed by atoms with Gasteiger partial charge in [-0.25, -0.2) is 0 Å². The molecule has 1 atom stereocenters. The minimum absolute atomic E-state index is 0.0175. The topological polar surface area (TPSA) is 57.6 Å². The summed E-state index contributed by atoms with van der Waals surface area (Å²) in [5.41, 5.74) is 1.65. The van der Waals surface area contributed by atoms with Crippen LogP contribution in [0.25, 0.3) is 0 Å². The molecule has 114 valence electrons. The third-order valence-corrected chi connectivity index (χ3v) is 4.50. The Balaban J connectivity index is 2.18. The van der Waals surface area contributed by atoms with Crippen molar-refractivity contribution in [2.45, 2.75) is 45.1 Å². The average Bonchev–Trinajstić information content (AvgIpc) is 2.47. The molecule has 4 nitrogen and oxygen atoms in total. The second-order valence-electron chi connectivity index (χ2n) is 5.54. The second kappa shape index (κ2) is 7.07. The number of nitrogens with zero attached hydrogens (tertiary/aromatic N) is 1. The highest BCUT2D eigenvalue weighted by atomic mass is 79.9.